The Labute approximate surface area is 160 Å². The molecule has 5 nitrogen and oxygen atoms in total. The van der Waals surface area contributed by atoms with Crippen molar-refractivity contribution in [1.82, 2.24) is 9.80 Å². The lowest BCUT2D eigenvalue weighted by atomic mass is 10.1. The van der Waals surface area contributed by atoms with Gasteiger partial charge in [-0.1, -0.05) is 17.7 Å². The summed E-state index contributed by atoms with van der Waals surface area (Å²) in [6, 6.07) is 9.64. The monoisotopic (exact) mass is 393 g/mol. The van der Waals surface area contributed by atoms with Gasteiger partial charge in [0, 0.05) is 36.9 Å². The number of halogens is 3. The molecule has 0 aromatic heterocycles. The summed E-state index contributed by atoms with van der Waals surface area (Å²) in [6.45, 7) is 1.87. The Morgan fingerprint density at radius 2 is 1.78 bits per heavy atom. The van der Waals surface area contributed by atoms with E-state index in [0.717, 1.165) is 6.07 Å². The summed E-state index contributed by atoms with van der Waals surface area (Å²) < 4.78 is 27.1. The fraction of sp³-hybridized carbons (Fsp3) is 0.263. The van der Waals surface area contributed by atoms with E-state index < -0.39 is 17.5 Å². The van der Waals surface area contributed by atoms with Crippen molar-refractivity contribution >= 4 is 29.1 Å². The summed E-state index contributed by atoms with van der Waals surface area (Å²) in [5, 5.41) is 2.87. The minimum Gasteiger partial charge on any atom is -0.336 e. The van der Waals surface area contributed by atoms with E-state index in [4.69, 9.17) is 11.6 Å². The molecule has 3 rings (SSSR count). The number of carbonyl (C=O) groups is 2. The SMILES string of the molecule is O=C(CN1CCN(C(=O)c2ccc(Cl)cc2F)CC1)Nc1cccc(F)c1. The normalized spacial score (nSPS) is 14.9. The van der Waals surface area contributed by atoms with Gasteiger partial charge >= 0.3 is 0 Å². The van der Waals surface area contributed by atoms with E-state index in [1.807, 2.05) is 4.90 Å². The lowest BCUT2D eigenvalue weighted by molar-refractivity contribution is -0.117. The van der Waals surface area contributed by atoms with E-state index in [-0.39, 0.29) is 23.0 Å². The molecule has 27 heavy (non-hydrogen) atoms. The quantitative estimate of drug-likeness (QED) is 0.868. The average molecular weight is 394 g/mol. The third-order valence-electron chi connectivity index (χ3n) is 4.30. The number of hydrogen-bond acceptors (Lipinski definition) is 3. The molecule has 0 radical (unpaired) electrons. The van der Waals surface area contributed by atoms with Crippen molar-refractivity contribution in [2.75, 3.05) is 38.0 Å². The molecule has 0 bridgehead atoms. The second-order valence-electron chi connectivity index (χ2n) is 6.25. The molecular formula is C19H18ClF2N3O2. The van der Waals surface area contributed by atoms with E-state index >= 15 is 0 Å². The van der Waals surface area contributed by atoms with Crippen molar-refractivity contribution in [3.63, 3.8) is 0 Å². The third kappa shape index (κ3) is 5.02. The molecule has 1 heterocycles. The van der Waals surface area contributed by atoms with Crippen molar-refractivity contribution in [3.05, 3.63) is 64.7 Å². The second-order valence-corrected chi connectivity index (χ2v) is 6.69. The Morgan fingerprint density at radius 1 is 1.04 bits per heavy atom. The first kappa shape index (κ1) is 19.3. The molecule has 0 aliphatic carbocycles. The van der Waals surface area contributed by atoms with Crippen LogP contribution in [0.1, 0.15) is 10.4 Å². The molecule has 1 fully saturated rings. The van der Waals surface area contributed by atoms with Crippen LogP contribution in [0.2, 0.25) is 5.02 Å². The summed E-state index contributed by atoms with van der Waals surface area (Å²) in [5.41, 5.74) is 0.378. The number of amides is 2. The Hall–Kier alpha value is -2.51. The molecule has 1 aliphatic heterocycles. The number of nitrogens with one attached hydrogen (secondary N) is 1. The molecule has 8 heteroatoms. The first-order chi connectivity index (χ1) is 12.9. The number of rotatable bonds is 4. The third-order valence-corrected chi connectivity index (χ3v) is 4.53. The minimum atomic E-state index is -0.649. The van der Waals surface area contributed by atoms with Crippen LogP contribution in [0.15, 0.2) is 42.5 Å². The average Bonchev–Trinajstić information content (AvgIpc) is 2.62. The number of benzene rings is 2. The standard InChI is InChI=1S/C19H18ClF2N3O2/c20-13-4-5-16(17(22)10-13)19(27)25-8-6-24(7-9-25)12-18(26)23-15-3-1-2-14(21)11-15/h1-5,10-11H,6-9,12H2,(H,23,26). The van der Waals surface area contributed by atoms with E-state index in [2.05, 4.69) is 5.32 Å². The highest BCUT2D eigenvalue weighted by Gasteiger charge is 2.25. The summed E-state index contributed by atoms with van der Waals surface area (Å²) >= 11 is 5.71. The predicted molar refractivity (Wildman–Crippen MR) is 98.8 cm³/mol. The van der Waals surface area contributed by atoms with Crippen LogP contribution in [0.3, 0.4) is 0 Å². The molecule has 0 atom stereocenters. The molecule has 2 aromatic carbocycles. The fourth-order valence-electron chi connectivity index (χ4n) is 2.91. The number of anilines is 1. The van der Waals surface area contributed by atoms with Gasteiger partial charge in [-0.25, -0.2) is 8.78 Å². The molecule has 2 amide bonds. The van der Waals surface area contributed by atoms with Gasteiger partial charge in [-0.3, -0.25) is 14.5 Å². The van der Waals surface area contributed by atoms with E-state index in [9.17, 15) is 18.4 Å². The van der Waals surface area contributed by atoms with E-state index in [1.165, 1.54) is 30.3 Å². The topological polar surface area (TPSA) is 52.7 Å². The highest BCUT2D eigenvalue weighted by molar-refractivity contribution is 6.30. The first-order valence-corrected chi connectivity index (χ1v) is 8.82. The minimum absolute atomic E-state index is 0.0169. The first-order valence-electron chi connectivity index (χ1n) is 8.44. The Morgan fingerprint density at radius 3 is 2.44 bits per heavy atom. The number of carbonyl (C=O) groups excluding carboxylic acids is 2. The zero-order valence-electron chi connectivity index (χ0n) is 14.4. The van der Waals surface area contributed by atoms with Crippen LogP contribution in [0, 0.1) is 11.6 Å². The van der Waals surface area contributed by atoms with Gasteiger partial charge in [-0.05, 0) is 36.4 Å². The summed E-state index contributed by atoms with van der Waals surface area (Å²) in [7, 11) is 0. The van der Waals surface area contributed by atoms with Crippen LogP contribution in [0.4, 0.5) is 14.5 Å². The molecular weight excluding hydrogens is 376 g/mol. The van der Waals surface area contributed by atoms with Crippen LogP contribution < -0.4 is 5.32 Å². The Bertz CT molecular complexity index is 855. The van der Waals surface area contributed by atoms with Crippen molar-refractivity contribution < 1.29 is 18.4 Å². The summed E-state index contributed by atoms with van der Waals surface area (Å²) in [5.74, 6) is -1.73. The summed E-state index contributed by atoms with van der Waals surface area (Å²) in [6.07, 6.45) is 0. The molecule has 142 valence electrons. The largest absolute Gasteiger partial charge is 0.336 e. The molecule has 1 aliphatic rings. The van der Waals surface area contributed by atoms with Crippen molar-refractivity contribution in [2.45, 2.75) is 0 Å². The molecule has 0 saturated carbocycles. The van der Waals surface area contributed by atoms with Crippen molar-refractivity contribution in [1.29, 1.82) is 0 Å². The molecule has 1 saturated heterocycles. The van der Waals surface area contributed by atoms with Gasteiger partial charge < -0.3 is 10.2 Å². The zero-order valence-corrected chi connectivity index (χ0v) is 15.2. The van der Waals surface area contributed by atoms with Crippen molar-refractivity contribution in [3.8, 4) is 0 Å². The van der Waals surface area contributed by atoms with Gasteiger partial charge in [0.2, 0.25) is 5.91 Å². The van der Waals surface area contributed by atoms with Crippen LogP contribution in [0.25, 0.3) is 0 Å². The van der Waals surface area contributed by atoms with Gasteiger partial charge in [0.25, 0.3) is 5.91 Å². The van der Waals surface area contributed by atoms with Gasteiger partial charge in [-0.15, -0.1) is 0 Å². The maximum Gasteiger partial charge on any atom is 0.256 e. The lowest BCUT2D eigenvalue weighted by Crippen LogP contribution is -2.50. The second kappa shape index (κ2) is 8.45. The van der Waals surface area contributed by atoms with E-state index in [0.29, 0.717) is 31.9 Å². The van der Waals surface area contributed by atoms with Crippen molar-refractivity contribution in [2.24, 2.45) is 0 Å². The molecule has 0 spiro atoms. The molecule has 1 N–H and O–H groups in total. The highest BCUT2D eigenvalue weighted by Crippen LogP contribution is 2.17. The highest BCUT2D eigenvalue weighted by atomic mass is 35.5. The Kier molecular flexibility index (Phi) is 6.03. The lowest BCUT2D eigenvalue weighted by Gasteiger charge is -2.34. The Balaban J connectivity index is 1.51. The van der Waals surface area contributed by atoms with Gasteiger partial charge in [0.1, 0.15) is 11.6 Å². The number of piperazine rings is 1. The van der Waals surface area contributed by atoms with Crippen LogP contribution in [0.5, 0.6) is 0 Å². The predicted octanol–water partition coefficient (Wildman–Crippen LogP) is 3.01. The van der Waals surface area contributed by atoms with Gasteiger partial charge in [0.05, 0.1) is 12.1 Å². The van der Waals surface area contributed by atoms with Crippen LogP contribution >= 0.6 is 11.6 Å². The zero-order chi connectivity index (χ0) is 19.4. The van der Waals surface area contributed by atoms with Crippen LogP contribution in [-0.4, -0.2) is 54.3 Å². The maximum absolute atomic E-state index is 13.9. The van der Waals surface area contributed by atoms with Gasteiger partial charge in [0.15, 0.2) is 0 Å². The van der Waals surface area contributed by atoms with Crippen LogP contribution in [-0.2, 0) is 4.79 Å². The van der Waals surface area contributed by atoms with Gasteiger partial charge in [-0.2, -0.15) is 0 Å². The fourth-order valence-corrected chi connectivity index (χ4v) is 3.07. The maximum atomic E-state index is 13.9. The number of nitrogens with zero attached hydrogens (tertiary/aromatic N) is 2. The van der Waals surface area contributed by atoms with E-state index in [1.54, 1.807) is 11.0 Å². The molecule has 0 unspecified atom stereocenters. The summed E-state index contributed by atoms with van der Waals surface area (Å²) in [4.78, 5) is 28.0. The smallest absolute Gasteiger partial charge is 0.256 e. The number of hydrogen-bond donors (Lipinski definition) is 1. The molecule has 2 aromatic rings.